The van der Waals surface area contributed by atoms with E-state index in [4.69, 9.17) is 66.5 Å². The third-order valence-electron chi connectivity index (χ3n) is 3.13. The van der Waals surface area contributed by atoms with E-state index in [0.717, 1.165) is 25.7 Å². The van der Waals surface area contributed by atoms with Gasteiger partial charge in [0.15, 0.2) is 0 Å². The van der Waals surface area contributed by atoms with Crippen molar-refractivity contribution in [2.45, 2.75) is 43.7 Å². The van der Waals surface area contributed by atoms with Crippen molar-refractivity contribution in [2.75, 3.05) is 0 Å². The smallest absolute Gasteiger partial charge is 0.126 e. The molecular weight excluding hydrogens is 365 g/mol. The van der Waals surface area contributed by atoms with Crippen LogP contribution in [-0.2, 0) is 0 Å². The molecule has 0 aromatic carbocycles. The zero-order chi connectivity index (χ0) is 12.4. The van der Waals surface area contributed by atoms with E-state index in [1.54, 1.807) is 0 Å². The van der Waals surface area contributed by atoms with Crippen molar-refractivity contribution >= 4 is 78.5 Å². The SMILES string of the molecule is Cl[Si](Cl)(Cl)CCC1CCCCC1[Si](Cl)(Cl)Cl. The van der Waals surface area contributed by atoms with Gasteiger partial charge in [0.05, 0.1) is 0 Å². The molecule has 0 saturated heterocycles. The largest absolute Gasteiger partial charge is 0.344 e. The maximum Gasteiger partial charge on any atom is 0.344 e. The molecule has 2 atom stereocenters. The second-order valence-corrected chi connectivity index (χ2v) is 22.6. The van der Waals surface area contributed by atoms with E-state index in [9.17, 15) is 0 Å². The van der Waals surface area contributed by atoms with Gasteiger partial charge in [-0.3, -0.25) is 0 Å². The molecule has 0 N–H and O–H groups in total. The van der Waals surface area contributed by atoms with Gasteiger partial charge in [-0.15, -0.1) is 66.5 Å². The Hall–Kier alpha value is 2.17. The van der Waals surface area contributed by atoms with Crippen molar-refractivity contribution in [3.8, 4) is 0 Å². The van der Waals surface area contributed by atoms with Crippen molar-refractivity contribution in [2.24, 2.45) is 5.92 Å². The Morgan fingerprint density at radius 2 is 1.44 bits per heavy atom. The number of hydrogen-bond donors (Lipinski definition) is 0. The minimum atomic E-state index is -2.61. The highest BCUT2D eigenvalue weighted by Crippen LogP contribution is 2.49. The van der Waals surface area contributed by atoms with Gasteiger partial charge >= 0.3 is 12.0 Å². The second kappa shape index (κ2) is 6.56. The Kier molecular flexibility index (Phi) is 6.65. The van der Waals surface area contributed by atoms with Crippen LogP contribution in [0.4, 0.5) is 0 Å². The van der Waals surface area contributed by atoms with Gasteiger partial charge in [-0.05, 0) is 30.3 Å². The summed E-state index contributed by atoms with van der Waals surface area (Å²) in [7, 11) is 0. The van der Waals surface area contributed by atoms with Crippen molar-refractivity contribution in [1.82, 2.24) is 0 Å². The Balaban J connectivity index is 2.54. The van der Waals surface area contributed by atoms with Gasteiger partial charge < -0.3 is 0 Å². The Morgan fingerprint density at radius 3 is 1.94 bits per heavy atom. The molecule has 0 heterocycles. The highest BCUT2D eigenvalue weighted by atomic mass is 35.8. The normalized spacial score (nSPS) is 28.1. The lowest BCUT2D eigenvalue weighted by atomic mass is 9.87. The summed E-state index contributed by atoms with van der Waals surface area (Å²) in [5, 5.41) is 0. The van der Waals surface area contributed by atoms with Gasteiger partial charge in [0, 0.05) is 0 Å². The maximum absolute atomic E-state index is 6.14. The molecular formula is C8H14Cl6Si2. The van der Waals surface area contributed by atoms with Crippen LogP contribution in [0.1, 0.15) is 32.1 Å². The summed E-state index contributed by atoms with van der Waals surface area (Å²) in [6, 6.07) is -4.47. The first-order chi connectivity index (χ1) is 7.20. The average molecular weight is 379 g/mol. The summed E-state index contributed by atoms with van der Waals surface area (Å²) in [5.41, 5.74) is 0.243. The topological polar surface area (TPSA) is 0 Å². The van der Waals surface area contributed by atoms with Crippen LogP contribution in [0.3, 0.4) is 0 Å². The Morgan fingerprint density at radius 1 is 0.875 bits per heavy atom. The summed E-state index contributed by atoms with van der Waals surface area (Å²) in [4.78, 5) is 0. The van der Waals surface area contributed by atoms with E-state index in [1.807, 2.05) is 0 Å². The van der Waals surface area contributed by atoms with Gasteiger partial charge in [-0.1, -0.05) is 19.3 Å². The molecule has 0 aromatic rings. The Labute approximate surface area is 127 Å². The molecule has 2 unspecified atom stereocenters. The molecule has 1 saturated carbocycles. The molecule has 0 aromatic heterocycles. The van der Waals surface area contributed by atoms with Gasteiger partial charge in [0.2, 0.25) is 0 Å². The van der Waals surface area contributed by atoms with Gasteiger partial charge in [0.1, 0.15) is 0 Å². The van der Waals surface area contributed by atoms with E-state index in [1.165, 1.54) is 6.42 Å². The third kappa shape index (κ3) is 5.88. The fourth-order valence-corrected chi connectivity index (χ4v) is 8.00. The lowest BCUT2D eigenvalue weighted by Crippen LogP contribution is -2.30. The molecule has 1 rings (SSSR count). The first-order valence-corrected chi connectivity index (χ1v) is 15.7. The van der Waals surface area contributed by atoms with Gasteiger partial charge in [-0.25, -0.2) is 0 Å². The van der Waals surface area contributed by atoms with Crippen molar-refractivity contribution in [3.05, 3.63) is 0 Å². The van der Waals surface area contributed by atoms with Crippen LogP contribution in [-0.4, -0.2) is 12.0 Å². The number of hydrogen-bond acceptors (Lipinski definition) is 0. The first kappa shape index (κ1) is 16.2. The molecule has 96 valence electrons. The summed E-state index contributed by atoms with van der Waals surface area (Å²) >= 11 is 36.1. The zero-order valence-corrected chi connectivity index (χ0v) is 15.2. The molecule has 1 fully saturated rings. The summed E-state index contributed by atoms with van der Waals surface area (Å²) < 4.78 is 0. The predicted octanol–water partition coefficient (Wildman–Crippen LogP) is 6.25. The lowest BCUT2D eigenvalue weighted by Gasteiger charge is -2.35. The van der Waals surface area contributed by atoms with Gasteiger partial charge in [0.25, 0.3) is 0 Å². The average Bonchev–Trinajstić information content (AvgIpc) is 2.12. The molecule has 0 spiro atoms. The highest BCUT2D eigenvalue weighted by Gasteiger charge is 2.43. The molecule has 1 aliphatic carbocycles. The molecule has 8 heteroatoms. The van der Waals surface area contributed by atoms with Gasteiger partial charge in [-0.2, -0.15) is 0 Å². The number of rotatable bonds is 4. The highest BCUT2D eigenvalue weighted by molar-refractivity contribution is 7.65. The van der Waals surface area contributed by atoms with E-state index < -0.39 is 12.0 Å². The minimum Gasteiger partial charge on any atom is -0.126 e. The molecule has 16 heavy (non-hydrogen) atoms. The van der Waals surface area contributed by atoms with Crippen molar-refractivity contribution in [1.29, 1.82) is 0 Å². The van der Waals surface area contributed by atoms with E-state index in [2.05, 4.69) is 0 Å². The van der Waals surface area contributed by atoms with Crippen LogP contribution in [0.5, 0.6) is 0 Å². The van der Waals surface area contributed by atoms with Crippen LogP contribution in [0.25, 0.3) is 0 Å². The van der Waals surface area contributed by atoms with Crippen LogP contribution in [0.15, 0.2) is 0 Å². The van der Waals surface area contributed by atoms with Crippen LogP contribution in [0.2, 0.25) is 11.6 Å². The maximum atomic E-state index is 6.14. The monoisotopic (exact) mass is 376 g/mol. The molecule has 0 bridgehead atoms. The van der Waals surface area contributed by atoms with E-state index in [-0.39, 0.29) is 5.54 Å². The van der Waals surface area contributed by atoms with E-state index in [0.29, 0.717) is 12.0 Å². The van der Waals surface area contributed by atoms with Crippen molar-refractivity contribution in [3.63, 3.8) is 0 Å². The molecule has 0 radical (unpaired) electrons. The third-order valence-corrected chi connectivity index (χ3v) is 9.81. The fraction of sp³-hybridized carbons (Fsp3) is 1.00. The minimum absolute atomic E-state index is 0.243. The van der Waals surface area contributed by atoms with E-state index >= 15 is 0 Å². The lowest BCUT2D eigenvalue weighted by molar-refractivity contribution is 0.347. The fourth-order valence-electron chi connectivity index (χ4n) is 2.33. The standard InChI is InChI=1S/C8H14Cl6Si2/c9-15(10,11)6-5-7-3-1-2-4-8(7)16(12,13)14/h7-8H,1-6H2. The quantitative estimate of drug-likeness (QED) is 0.400. The predicted molar refractivity (Wildman–Crippen MR) is 81.8 cm³/mol. The second-order valence-electron chi connectivity index (χ2n) is 4.35. The molecule has 1 aliphatic rings. The van der Waals surface area contributed by atoms with Crippen LogP contribution >= 0.6 is 66.5 Å². The summed E-state index contributed by atoms with van der Waals surface area (Å²) in [5.74, 6) is 0.441. The summed E-state index contributed by atoms with van der Waals surface area (Å²) in [6.45, 7) is 0. The van der Waals surface area contributed by atoms with Crippen LogP contribution in [0, 0.1) is 5.92 Å². The zero-order valence-electron chi connectivity index (χ0n) is 8.67. The van der Waals surface area contributed by atoms with Crippen LogP contribution < -0.4 is 0 Å². The number of halogens is 6. The summed E-state index contributed by atoms with van der Waals surface area (Å²) in [6.07, 6.45) is 5.40. The Bertz CT molecular complexity index is 224. The van der Waals surface area contributed by atoms with Crippen molar-refractivity contribution < 1.29 is 0 Å². The molecule has 0 aliphatic heterocycles. The molecule has 0 nitrogen and oxygen atoms in total. The first-order valence-electron chi connectivity index (χ1n) is 5.33. The molecule has 0 amide bonds.